The molecule has 2 heterocycles. The van der Waals surface area contributed by atoms with E-state index in [9.17, 15) is 4.79 Å². The summed E-state index contributed by atoms with van der Waals surface area (Å²) in [5.41, 5.74) is 3.10. The summed E-state index contributed by atoms with van der Waals surface area (Å²) < 4.78 is 5.27. The molecule has 1 aromatic carbocycles. The predicted octanol–water partition coefficient (Wildman–Crippen LogP) is 2.85. The third kappa shape index (κ3) is 2.49. The summed E-state index contributed by atoms with van der Waals surface area (Å²) in [6.07, 6.45) is 4.15. The lowest BCUT2D eigenvalue weighted by molar-refractivity contribution is 0.0677. The van der Waals surface area contributed by atoms with Crippen LogP contribution in [0.25, 0.3) is 0 Å². The number of nitrogens with zero attached hydrogens (tertiary/aromatic N) is 2. The summed E-state index contributed by atoms with van der Waals surface area (Å²) in [4.78, 5) is 18.5. The number of fused-ring (bicyclic) bond motifs is 1. The van der Waals surface area contributed by atoms with Gasteiger partial charge in [0.2, 0.25) is 0 Å². The van der Waals surface area contributed by atoms with E-state index in [1.807, 2.05) is 17.0 Å². The van der Waals surface area contributed by atoms with Gasteiger partial charge in [0.25, 0.3) is 5.91 Å². The molecule has 1 aromatic heterocycles. The van der Waals surface area contributed by atoms with Crippen molar-refractivity contribution in [3.8, 4) is 5.75 Å². The SMILES string of the molecule is COc1ccc2c(c1)CCN(C(=O)c1cccnc1)C2C. The van der Waals surface area contributed by atoms with Crippen LogP contribution in [0.4, 0.5) is 0 Å². The summed E-state index contributed by atoms with van der Waals surface area (Å²) in [7, 11) is 1.67. The lowest BCUT2D eigenvalue weighted by Crippen LogP contribution is -2.38. The summed E-state index contributed by atoms with van der Waals surface area (Å²) in [5.74, 6) is 0.907. The number of hydrogen-bond donors (Lipinski definition) is 0. The van der Waals surface area contributed by atoms with Gasteiger partial charge in [-0.05, 0) is 48.7 Å². The molecule has 1 aliphatic rings. The predicted molar refractivity (Wildman–Crippen MR) is 80.4 cm³/mol. The summed E-state index contributed by atoms with van der Waals surface area (Å²) in [5, 5.41) is 0. The van der Waals surface area contributed by atoms with Gasteiger partial charge >= 0.3 is 0 Å². The molecule has 0 bridgehead atoms. The molecule has 2 aromatic rings. The van der Waals surface area contributed by atoms with E-state index in [2.05, 4.69) is 24.0 Å². The highest BCUT2D eigenvalue weighted by Crippen LogP contribution is 2.32. The third-order valence-electron chi connectivity index (χ3n) is 4.06. The average Bonchev–Trinajstić information content (AvgIpc) is 2.55. The largest absolute Gasteiger partial charge is 0.497 e. The van der Waals surface area contributed by atoms with Gasteiger partial charge in [-0.3, -0.25) is 9.78 Å². The number of carbonyl (C=O) groups excluding carboxylic acids is 1. The van der Waals surface area contributed by atoms with Gasteiger partial charge in [-0.1, -0.05) is 6.07 Å². The lowest BCUT2D eigenvalue weighted by Gasteiger charge is -2.35. The Morgan fingerprint density at radius 1 is 1.38 bits per heavy atom. The van der Waals surface area contributed by atoms with Crippen molar-refractivity contribution in [2.45, 2.75) is 19.4 Å². The number of aromatic nitrogens is 1. The Labute approximate surface area is 124 Å². The van der Waals surface area contributed by atoms with Gasteiger partial charge in [0, 0.05) is 18.9 Å². The van der Waals surface area contributed by atoms with E-state index in [0.29, 0.717) is 5.56 Å². The number of amides is 1. The van der Waals surface area contributed by atoms with Crippen LogP contribution in [0.3, 0.4) is 0 Å². The fourth-order valence-corrected chi connectivity index (χ4v) is 2.87. The number of rotatable bonds is 2. The van der Waals surface area contributed by atoms with Crippen LogP contribution in [0, 0.1) is 0 Å². The van der Waals surface area contributed by atoms with E-state index in [1.54, 1.807) is 25.6 Å². The first-order valence-electron chi connectivity index (χ1n) is 7.08. The molecular weight excluding hydrogens is 264 g/mol. The van der Waals surface area contributed by atoms with Gasteiger partial charge in [-0.25, -0.2) is 0 Å². The Bertz CT molecular complexity index is 655. The molecule has 0 N–H and O–H groups in total. The molecule has 4 heteroatoms. The fraction of sp³-hybridized carbons (Fsp3) is 0.294. The fourth-order valence-electron chi connectivity index (χ4n) is 2.87. The first-order chi connectivity index (χ1) is 10.2. The van der Waals surface area contributed by atoms with Crippen LogP contribution in [0.2, 0.25) is 0 Å². The van der Waals surface area contributed by atoms with E-state index in [-0.39, 0.29) is 11.9 Å². The highest BCUT2D eigenvalue weighted by Gasteiger charge is 2.28. The van der Waals surface area contributed by atoms with Gasteiger partial charge in [0.15, 0.2) is 0 Å². The molecule has 21 heavy (non-hydrogen) atoms. The van der Waals surface area contributed by atoms with E-state index in [4.69, 9.17) is 4.74 Å². The molecule has 0 fully saturated rings. The van der Waals surface area contributed by atoms with Crippen molar-refractivity contribution in [3.63, 3.8) is 0 Å². The normalized spacial score (nSPS) is 17.2. The number of ether oxygens (including phenoxy) is 1. The van der Waals surface area contributed by atoms with Crippen LogP contribution in [0.5, 0.6) is 5.75 Å². The summed E-state index contributed by atoms with van der Waals surface area (Å²) in [6.45, 7) is 2.79. The number of pyridine rings is 1. The third-order valence-corrected chi connectivity index (χ3v) is 4.06. The smallest absolute Gasteiger partial charge is 0.255 e. The molecule has 0 spiro atoms. The van der Waals surface area contributed by atoms with Gasteiger partial charge in [-0.2, -0.15) is 0 Å². The zero-order chi connectivity index (χ0) is 14.8. The van der Waals surface area contributed by atoms with Gasteiger partial charge < -0.3 is 9.64 Å². The Morgan fingerprint density at radius 2 is 2.24 bits per heavy atom. The van der Waals surface area contributed by atoms with Gasteiger partial charge in [-0.15, -0.1) is 0 Å². The molecular formula is C17H18N2O2. The van der Waals surface area contributed by atoms with Crippen molar-refractivity contribution < 1.29 is 9.53 Å². The van der Waals surface area contributed by atoms with Gasteiger partial charge in [0.1, 0.15) is 5.75 Å². The summed E-state index contributed by atoms with van der Waals surface area (Å²) in [6, 6.07) is 9.74. The first kappa shape index (κ1) is 13.6. The molecule has 108 valence electrons. The van der Waals surface area contributed by atoms with Crippen LogP contribution < -0.4 is 4.74 Å². The monoisotopic (exact) mass is 282 g/mol. The number of methoxy groups -OCH3 is 1. The van der Waals surface area contributed by atoms with Crippen molar-refractivity contribution in [2.75, 3.05) is 13.7 Å². The Hall–Kier alpha value is -2.36. The van der Waals surface area contributed by atoms with E-state index >= 15 is 0 Å². The van der Waals surface area contributed by atoms with Crippen molar-refractivity contribution in [3.05, 3.63) is 59.4 Å². The van der Waals surface area contributed by atoms with Crippen LogP contribution in [0.1, 0.15) is 34.5 Å². The second-order valence-corrected chi connectivity index (χ2v) is 5.23. The van der Waals surface area contributed by atoms with Crippen LogP contribution in [-0.2, 0) is 6.42 Å². The molecule has 0 saturated heterocycles. The minimum Gasteiger partial charge on any atom is -0.497 e. The number of benzene rings is 1. The van der Waals surface area contributed by atoms with Crippen molar-refractivity contribution >= 4 is 5.91 Å². The molecule has 1 atom stereocenters. The molecule has 4 nitrogen and oxygen atoms in total. The zero-order valence-electron chi connectivity index (χ0n) is 12.2. The highest BCUT2D eigenvalue weighted by atomic mass is 16.5. The van der Waals surface area contributed by atoms with E-state index < -0.39 is 0 Å². The number of hydrogen-bond acceptors (Lipinski definition) is 3. The molecule has 0 saturated carbocycles. The standard InChI is InChI=1S/C17H18N2O2/c1-12-16-6-5-15(21-2)10-13(16)7-9-19(12)17(20)14-4-3-8-18-11-14/h3-6,8,10-12H,7,9H2,1-2H3. The second kappa shape index (κ2) is 5.56. The topological polar surface area (TPSA) is 42.4 Å². The molecule has 1 aliphatic heterocycles. The van der Waals surface area contributed by atoms with Crippen molar-refractivity contribution in [1.82, 2.24) is 9.88 Å². The minimum absolute atomic E-state index is 0.0390. The van der Waals surface area contributed by atoms with Crippen LogP contribution in [-0.4, -0.2) is 29.4 Å². The van der Waals surface area contributed by atoms with Gasteiger partial charge in [0.05, 0.1) is 18.7 Å². The van der Waals surface area contributed by atoms with Crippen LogP contribution in [0.15, 0.2) is 42.7 Å². The maximum Gasteiger partial charge on any atom is 0.255 e. The van der Waals surface area contributed by atoms with E-state index in [1.165, 1.54) is 11.1 Å². The average molecular weight is 282 g/mol. The number of carbonyl (C=O) groups is 1. The van der Waals surface area contributed by atoms with Crippen molar-refractivity contribution in [1.29, 1.82) is 0 Å². The minimum atomic E-state index is 0.0390. The van der Waals surface area contributed by atoms with E-state index in [0.717, 1.165) is 18.7 Å². The molecule has 0 aliphatic carbocycles. The molecule has 0 radical (unpaired) electrons. The Morgan fingerprint density at radius 3 is 2.95 bits per heavy atom. The maximum atomic E-state index is 12.6. The Balaban J connectivity index is 1.89. The van der Waals surface area contributed by atoms with Crippen LogP contribution >= 0.6 is 0 Å². The highest BCUT2D eigenvalue weighted by molar-refractivity contribution is 5.94. The zero-order valence-corrected chi connectivity index (χ0v) is 12.2. The molecule has 1 amide bonds. The quantitative estimate of drug-likeness (QED) is 0.850. The van der Waals surface area contributed by atoms with Crippen molar-refractivity contribution in [2.24, 2.45) is 0 Å². The first-order valence-corrected chi connectivity index (χ1v) is 7.08. The Kier molecular flexibility index (Phi) is 3.60. The maximum absolute atomic E-state index is 12.6. The second-order valence-electron chi connectivity index (χ2n) is 5.23. The summed E-state index contributed by atoms with van der Waals surface area (Å²) >= 11 is 0. The molecule has 1 unspecified atom stereocenters. The molecule has 3 rings (SSSR count). The lowest BCUT2D eigenvalue weighted by atomic mass is 9.93.